The van der Waals surface area contributed by atoms with Gasteiger partial charge in [0.05, 0.1) is 19.9 Å². The predicted octanol–water partition coefficient (Wildman–Crippen LogP) is 4.23. The van der Waals surface area contributed by atoms with Crippen LogP contribution in [0.25, 0.3) is 0 Å². The maximum absolute atomic E-state index is 13.7. The monoisotopic (exact) mass is 444 g/mol. The molecule has 168 valence electrons. The van der Waals surface area contributed by atoms with Crippen molar-refractivity contribution >= 4 is 34.7 Å². The van der Waals surface area contributed by atoms with E-state index in [1.807, 2.05) is 13.0 Å². The Morgan fingerprint density at radius 2 is 1.55 bits per heavy atom. The van der Waals surface area contributed by atoms with Gasteiger partial charge in [-0.2, -0.15) is 0 Å². The summed E-state index contributed by atoms with van der Waals surface area (Å²) >= 11 is 0. The first-order valence-corrected chi connectivity index (χ1v) is 10.6. The summed E-state index contributed by atoms with van der Waals surface area (Å²) in [6.07, 6.45) is 0. The summed E-state index contributed by atoms with van der Waals surface area (Å²) in [5.41, 5.74) is 1.81. The van der Waals surface area contributed by atoms with Crippen molar-refractivity contribution in [2.24, 2.45) is 5.92 Å². The Balaban J connectivity index is 1.83. The van der Waals surface area contributed by atoms with Crippen LogP contribution in [0.4, 0.5) is 17.1 Å². The fourth-order valence-electron chi connectivity index (χ4n) is 3.99. The molecule has 4 rings (SSSR count). The Kier molecular flexibility index (Phi) is 6.13. The summed E-state index contributed by atoms with van der Waals surface area (Å²) in [5, 5.41) is 0. The van der Waals surface area contributed by atoms with Crippen molar-refractivity contribution in [3.8, 4) is 11.5 Å². The molecule has 0 radical (unpaired) electrons. The number of hydrogen-bond acceptors (Lipinski definition) is 5. The van der Waals surface area contributed by atoms with Gasteiger partial charge in [-0.3, -0.25) is 19.3 Å². The lowest BCUT2D eigenvalue weighted by Crippen LogP contribution is -2.51. The van der Waals surface area contributed by atoms with Gasteiger partial charge in [0.2, 0.25) is 5.91 Å². The molecule has 3 aromatic carbocycles. The molecule has 0 bridgehead atoms. The molecule has 0 N–H and O–H groups in total. The van der Waals surface area contributed by atoms with E-state index in [1.165, 1.54) is 16.9 Å². The zero-order chi connectivity index (χ0) is 23.5. The van der Waals surface area contributed by atoms with Crippen molar-refractivity contribution in [2.45, 2.75) is 6.92 Å². The zero-order valence-electron chi connectivity index (χ0n) is 18.6. The maximum atomic E-state index is 13.7. The Morgan fingerprint density at radius 3 is 2.15 bits per heavy atom. The third kappa shape index (κ3) is 3.93. The second-order valence-corrected chi connectivity index (χ2v) is 7.47. The summed E-state index contributed by atoms with van der Waals surface area (Å²) in [7, 11) is 3.06. The molecule has 1 aliphatic heterocycles. The van der Waals surface area contributed by atoms with Crippen LogP contribution in [0.15, 0.2) is 72.8 Å². The van der Waals surface area contributed by atoms with Crippen LogP contribution in [0.2, 0.25) is 0 Å². The summed E-state index contributed by atoms with van der Waals surface area (Å²) in [5.74, 6) is -2.06. The van der Waals surface area contributed by atoms with Crippen molar-refractivity contribution in [1.29, 1.82) is 0 Å². The summed E-state index contributed by atoms with van der Waals surface area (Å²) in [6.45, 7) is 2.13. The van der Waals surface area contributed by atoms with Crippen molar-refractivity contribution in [2.75, 3.05) is 30.6 Å². The number of ketones is 1. The predicted molar refractivity (Wildman–Crippen MR) is 125 cm³/mol. The molecule has 7 nitrogen and oxygen atoms in total. The number of benzene rings is 3. The fourth-order valence-corrected chi connectivity index (χ4v) is 3.99. The molecular weight excluding hydrogens is 420 g/mol. The molecule has 0 fully saturated rings. The highest BCUT2D eigenvalue weighted by atomic mass is 16.5. The number of methoxy groups -OCH3 is 2. The quantitative estimate of drug-likeness (QED) is 0.532. The summed E-state index contributed by atoms with van der Waals surface area (Å²) < 4.78 is 10.5. The highest BCUT2D eigenvalue weighted by Gasteiger charge is 2.46. The van der Waals surface area contributed by atoms with E-state index in [1.54, 1.807) is 73.8 Å². The lowest BCUT2D eigenvalue weighted by Gasteiger charge is -2.35. The van der Waals surface area contributed by atoms with Crippen molar-refractivity contribution < 1.29 is 23.9 Å². The van der Waals surface area contributed by atoms with Crippen LogP contribution in [0, 0.1) is 5.92 Å². The van der Waals surface area contributed by atoms with Gasteiger partial charge in [-0.15, -0.1) is 0 Å². The van der Waals surface area contributed by atoms with Crippen LogP contribution in [0.5, 0.6) is 11.5 Å². The number of nitrogens with zero attached hydrogens (tertiary/aromatic N) is 2. The van der Waals surface area contributed by atoms with Crippen LogP contribution in [0.1, 0.15) is 17.3 Å². The molecule has 0 saturated carbocycles. The first-order valence-electron chi connectivity index (χ1n) is 10.6. The molecular formula is C26H24N2O5. The van der Waals surface area contributed by atoms with E-state index in [2.05, 4.69) is 0 Å². The molecule has 33 heavy (non-hydrogen) atoms. The van der Waals surface area contributed by atoms with Gasteiger partial charge in [0.25, 0.3) is 5.91 Å². The Labute approximate surface area is 192 Å². The van der Waals surface area contributed by atoms with Gasteiger partial charge in [0.15, 0.2) is 11.7 Å². The molecule has 1 heterocycles. The lowest BCUT2D eigenvalue weighted by molar-refractivity contribution is -0.129. The molecule has 0 spiro atoms. The number of para-hydroxylation sites is 1. The SMILES string of the molecule is CCN(C(=O)C1C(=O)c2ccc(OC)cc2N(c2ccc(OC)cc2)C1=O)c1ccccc1. The van der Waals surface area contributed by atoms with E-state index in [9.17, 15) is 14.4 Å². The number of Topliss-reactive ketones (excluding diaryl/α,β-unsaturated/α-hetero) is 1. The molecule has 1 atom stereocenters. The molecule has 0 aliphatic carbocycles. The number of amides is 2. The summed E-state index contributed by atoms with van der Waals surface area (Å²) in [6, 6.07) is 20.8. The second kappa shape index (κ2) is 9.16. The van der Waals surface area contributed by atoms with Crippen LogP contribution in [-0.2, 0) is 9.59 Å². The Hall–Kier alpha value is -4.13. The number of rotatable bonds is 6. The van der Waals surface area contributed by atoms with Gasteiger partial charge >= 0.3 is 0 Å². The third-order valence-corrected chi connectivity index (χ3v) is 5.67. The third-order valence-electron chi connectivity index (χ3n) is 5.67. The zero-order valence-corrected chi connectivity index (χ0v) is 18.6. The van der Waals surface area contributed by atoms with E-state index < -0.39 is 23.5 Å². The number of hydrogen-bond donors (Lipinski definition) is 0. The molecule has 1 aliphatic rings. The average molecular weight is 444 g/mol. The van der Waals surface area contributed by atoms with Gasteiger partial charge in [-0.25, -0.2) is 0 Å². The Morgan fingerprint density at radius 1 is 0.909 bits per heavy atom. The van der Waals surface area contributed by atoms with E-state index in [0.717, 1.165) is 0 Å². The van der Waals surface area contributed by atoms with Gasteiger partial charge in [-0.1, -0.05) is 18.2 Å². The maximum Gasteiger partial charge on any atom is 0.252 e. The first-order chi connectivity index (χ1) is 16.0. The lowest BCUT2D eigenvalue weighted by atomic mass is 9.88. The van der Waals surface area contributed by atoms with E-state index in [-0.39, 0.29) is 5.56 Å². The highest BCUT2D eigenvalue weighted by Crippen LogP contribution is 2.39. The largest absolute Gasteiger partial charge is 0.497 e. The van der Waals surface area contributed by atoms with Gasteiger partial charge in [0, 0.05) is 29.5 Å². The van der Waals surface area contributed by atoms with E-state index in [0.29, 0.717) is 35.1 Å². The smallest absolute Gasteiger partial charge is 0.252 e. The van der Waals surface area contributed by atoms with Crippen LogP contribution >= 0.6 is 0 Å². The number of anilines is 3. The minimum atomic E-state index is -1.49. The normalized spacial score (nSPS) is 15.1. The van der Waals surface area contributed by atoms with E-state index >= 15 is 0 Å². The van der Waals surface area contributed by atoms with Gasteiger partial charge in [-0.05, 0) is 55.5 Å². The van der Waals surface area contributed by atoms with Crippen LogP contribution in [0.3, 0.4) is 0 Å². The highest BCUT2D eigenvalue weighted by molar-refractivity contribution is 6.34. The minimum absolute atomic E-state index is 0.286. The average Bonchev–Trinajstić information content (AvgIpc) is 2.85. The second-order valence-electron chi connectivity index (χ2n) is 7.47. The van der Waals surface area contributed by atoms with Crippen molar-refractivity contribution in [3.05, 3.63) is 78.4 Å². The molecule has 3 aromatic rings. The molecule has 2 amide bonds. The number of carbonyl (C=O) groups excluding carboxylic acids is 3. The van der Waals surface area contributed by atoms with Crippen LogP contribution < -0.4 is 19.3 Å². The van der Waals surface area contributed by atoms with Crippen molar-refractivity contribution in [3.63, 3.8) is 0 Å². The van der Waals surface area contributed by atoms with Crippen LogP contribution in [-0.4, -0.2) is 38.4 Å². The molecule has 0 aromatic heterocycles. The minimum Gasteiger partial charge on any atom is -0.497 e. The first kappa shape index (κ1) is 22.1. The van der Waals surface area contributed by atoms with E-state index in [4.69, 9.17) is 9.47 Å². The standard InChI is InChI=1S/C26H24N2O5/c1-4-27(17-8-6-5-7-9-17)25(30)23-24(29)21-15-14-20(33-3)16-22(21)28(26(23)31)18-10-12-19(32-2)13-11-18/h5-16,23H,4H2,1-3H3. The van der Waals surface area contributed by atoms with Gasteiger partial charge < -0.3 is 14.4 Å². The fraction of sp³-hybridized carbons (Fsp3) is 0.192. The summed E-state index contributed by atoms with van der Waals surface area (Å²) in [4.78, 5) is 43.6. The Bertz CT molecular complexity index is 1190. The van der Waals surface area contributed by atoms with Crippen molar-refractivity contribution in [1.82, 2.24) is 0 Å². The molecule has 1 unspecified atom stereocenters. The topological polar surface area (TPSA) is 76.2 Å². The molecule has 7 heteroatoms. The number of carbonyl (C=O) groups is 3. The number of ether oxygens (including phenoxy) is 2. The number of fused-ring (bicyclic) bond motifs is 1. The van der Waals surface area contributed by atoms with Gasteiger partial charge in [0.1, 0.15) is 11.5 Å². The molecule has 0 saturated heterocycles.